The second-order valence-electron chi connectivity index (χ2n) is 7.48. The molecule has 0 aromatic heterocycles. The number of amides is 1. The van der Waals surface area contributed by atoms with E-state index in [1.165, 1.54) is 20.1 Å². The van der Waals surface area contributed by atoms with E-state index in [1.807, 2.05) is 31.2 Å². The summed E-state index contributed by atoms with van der Waals surface area (Å²) in [5, 5.41) is 13.5. The van der Waals surface area contributed by atoms with Crippen molar-refractivity contribution >= 4 is 49.0 Å². The summed E-state index contributed by atoms with van der Waals surface area (Å²) in [6.45, 7) is 3.88. The molecule has 34 heavy (non-hydrogen) atoms. The second-order valence-corrected chi connectivity index (χ2v) is 10.9. The van der Waals surface area contributed by atoms with Gasteiger partial charge in [-0.3, -0.25) is 10.2 Å². The van der Waals surface area contributed by atoms with Crippen molar-refractivity contribution in [2.75, 3.05) is 12.9 Å². The number of ether oxygens (including phenoxy) is 2. The molecule has 0 saturated heterocycles. The maximum Gasteiger partial charge on any atom is 0.283 e. The van der Waals surface area contributed by atoms with E-state index < -0.39 is 15.7 Å². The Labute approximate surface area is 201 Å². The number of aliphatic imine (C=N–C) groups is 1. The minimum atomic E-state index is -3.58. The largest absolute Gasteiger partial charge is 0.493 e. The molecule has 0 bridgehead atoms. The lowest BCUT2D eigenvalue weighted by Gasteiger charge is -2.20. The number of hydrogen-bond donors (Lipinski definition) is 1. The summed E-state index contributed by atoms with van der Waals surface area (Å²) >= 11 is 0.767. The number of nitrogens with zero attached hydrogens (tertiary/aromatic N) is 3. The van der Waals surface area contributed by atoms with Gasteiger partial charge in [0.25, 0.3) is 5.91 Å². The fourth-order valence-electron chi connectivity index (χ4n) is 3.25. The zero-order chi connectivity index (χ0) is 24.5. The SMILES string of the molecule is CCS(=O)(=O)C1=NN2C(=N)/C(=C\c3ccc(OCc4cccc(C)c4)c(OC)c3)C(=O)N=C2S1. The van der Waals surface area contributed by atoms with Crippen molar-refractivity contribution in [3.8, 4) is 11.5 Å². The Morgan fingerprint density at radius 1 is 1.18 bits per heavy atom. The number of rotatable bonds is 6. The molecule has 0 saturated carbocycles. The van der Waals surface area contributed by atoms with E-state index >= 15 is 0 Å². The van der Waals surface area contributed by atoms with E-state index in [0.29, 0.717) is 23.7 Å². The fraction of sp³-hybridized carbons (Fsp3) is 0.217. The minimum Gasteiger partial charge on any atom is -0.493 e. The molecular formula is C23H22N4O5S2. The van der Waals surface area contributed by atoms with Crippen molar-refractivity contribution in [1.29, 1.82) is 5.41 Å². The van der Waals surface area contributed by atoms with Gasteiger partial charge < -0.3 is 9.47 Å². The highest BCUT2D eigenvalue weighted by Gasteiger charge is 2.39. The number of carbonyl (C=O) groups is 1. The van der Waals surface area contributed by atoms with Crippen LogP contribution in [-0.2, 0) is 21.2 Å². The summed E-state index contributed by atoms with van der Waals surface area (Å²) in [6.07, 6.45) is 1.49. The summed E-state index contributed by atoms with van der Waals surface area (Å²) in [4.78, 5) is 16.5. The van der Waals surface area contributed by atoms with Crippen molar-refractivity contribution in [1.82, 2.24) is 5.01 Å². The number of amidine groups is 2. The van der Waals surface area contributed by atoms with E-state index in [4.69, 9.17) is 14.9 Å². The Kier molecular flexibility index (Phi) is 6.58. The Morgan fingerprint density at radius 3 is 2.68 bits per heavy atom. The molecular weight excluding hydrogens is 476 g/mol. The Hall–Kier alpha value is -3.44. The summed E-state index contributed by atoms with van der Waals surface area (Å²) in [5.74, 6) is -0.0314. The third kappa shape index (κ3) is 4.75. The summed E-state index contributed by atoms with van der Waals surface area (Å²) < 4.78 is 35.5. The maximum absolute atomic E-state index is 12.6. The van der Waals surface area contributed by atoms with E-state index in [9.17, 15) is 13.2 Å². The van der Waals surface area contributed by atoms with Crippen molar-refractivity contribution in [3.63, 3.8) is 0 Å². The van der Waals surface area contributed by atoms with Crippen LogP contribution in [0.5, 0.6) is 11.5 Å². The lowest BCUT2D eigenvalue weighted by Crippen LogP contribution is -2.35. The number of benzene rings is 2. The monoisotopic (exact) mass is 498 g/mol. The highest BCUT2D eigenvalue weighted by molar-refractivity contribution is 8.42. The quantitative estimate of drug-likeness (QED) is 0.604. The first-order chi connectivity index (χ1) is 16.2. The topological polar surface area (TPSA) is 121 Å². The van der Waals surface area contributed by atoms with Crippen LogP contribution in [0.1, 0.15) is 23.6 Å². The molecule has 2 aliphatic heterocycles. The smallest absolute Gasteiger partial charge is 0.283 e. The van der Waals surface area contributed by atoms with Crippen LogP contribution in [0, 0.1) is 12.3 Å². The summed E-state index contributed by atoms with van der Waals surface area (Å²) in [7, 11) is -2.07. The predicted octanol–water partition coefficient (Wildman–Crippen LogP) is 3.59. The van der Waals surface area contributed by atoms with Crippen LogP contribution in [0.4, 0.5) is 0 Å². The molecule has 176 valence electrons. The average Bonchev–Trinajstić information content (AvgIpc) is 3.26. The van der Waals surface area contributed by atoms with Gasteiger partial charge in [-0.1, -0.05) is 42.8 Å². The van der Waals surface area contributed by atoms with Crippen molar-refractivity contribution in [2.24, 2.45) is 10.1 Å². The number of methoxy groups -OCH3 is 1. The molecule has 0 unspecified atom stereocenters. The van der Waals surface area contributed by atoms with Gasteiger partial charge in [-0.15, -0.1) is 5.10 Å². The van der Waals surface area contributed by atoms with Gasteiger partial charge >= 0.3 is 0 Å². The zero-order valence-corrected chi connectivity index (χ0v) is 20.4. The van der Waals surface area contributed by atoms with Crippen molar-refractivity contribution in [2.45, 2.75) is 20.5 Å². The van der Waals surface area contributed by atoms with Gasteiger partial charge in [0.15, 0.2) is 17.3 Å². The predicted molar refractivity (Wildman–Crippen MR) is 133 cm³/mol. The minimum absolute atomic E-state index is 0.0151. The maximum atomic E-state index is 12.6. The number of nitrogens with one attached hydrogen (secondary N) is 1. The highest BCUT2D eigenvalue weighted by atomic mass is 32.3. The molecule has 0 atom stereocenters. The van der Waals surface area contributed by atoms with Gasteiger partial charge in [-0.2, -0.15) is 10.0 Å². The van der Waals surface area contributed by atoms with Gasteiger partial charge in [0, 0.05) is 0 Å². The van der Waals surface area contributed by atoms with Crippen LogP contribution in [0.25, 0.3) is 6.08 Å². The molecule has 2 heterocycles. The molecule has 9 nitrogen and oxygen atoms in total. The fourth-order valence-corrected chi connectivity index (χ4v) is 5.41. The third-order valence-electron chi connectivity index (χ3n) is 5.06. The van der Waals surface area contributed by atoms with Crippen molar-refractivity contribution < 1.29 is 22.7 Å². The lowest BCUT2D eigenvalue weighted by atomic mass is 10.1. The first-order valence-corrected chi connectivity index (χ1v) is 12.8. The number of sulfone groups is 1. The molecule has 1 N–H and O–H groups in total. The lowest BCUT2D eigenvalue weighted by molar-refractivity contribution is -0.114. The van der Waals surface area contributed by atoms with Gasteiger partial charge in [0.05, 0.1) is 18.4 Å². The number of fused-ring (bicyclic) bond motifs is 1. The molecule has 0 radical (unpaired) electrons. The molecule has 0 spiro atoms. The van der Waals surface area contributed by atoms with Gasteiger partial charge in [0.1, 0.15) is 6.61 Å². The number of hydrazone groups is 1. The summed E-state index contributed by atoms with van der Waals surface area (Å²) in [6, 6.07) is 13.1. The van der Waals surface area contributed by atoms with Crippen LogP contribution in [0.3, 0.4) is 0 Å². The summed E-state index contributed by atoms with van der Waals surface area (Å²) in [5.41, 5.74) is 2.74. The average molecular weight is 499 g/mol. The molecule has 0 aliphatic carbocycles. The number of thioether (sulfide) groups is 1. The third-order valence-corrected chi connectivity index (χ3v) is 8.15. The van der Waals surface area contributed by atoms with E-state index in [0.717, 1.165) is 27.9 Å². The second kappa shape index (κ2) is 9.43. The molecule has 11 heteroatoms. The van der Waals surface area contributed by atoms with Crippen molar-refractivity contribution in [3.05, 3.63) is 64.7 Å². The normalized spacial score (nSPS) is 16.9. The van der Waals surface area contributed by atoms with E-state index in [-0.39, 0.29) is 26.7 Å². The Bertz CT molecular complexity index is 1380. The number of aryl methyl sites for hydroxylation is 1. The van der Waals surface area contributed by atoms with Gasteiger partial charge in [-0.25, -0.2) is 8.42 Å². The molecule has 2 aliphatic rings. The van der Waals surface area contributed by atoms with E-state index in [1.54, 1.807) is 18.2 Å². The van der Waals surface area contributed by atoms with Crippen LogP contribution in [0.2, 0.25) is 0 Å². The number of carbonyl (C=O) groups excluding carboxylic acids is 1. The van der Waals surface area contributed by atoms with Crippen LogP contribution in [0.15, 0.2) is 58.1 Å². The molecule has 2 aromatic rings. The number of hydrogen-bond acceptors (Lipinski definition) is 8. The standard InChI is InChI=1S/C23H22N4O5S2/c1-4-34(29,30)23-26-27-20(24)17(21(28)25-22(27)33-23)11-15-8-9-18(19(12-15)31-3)32-13-16-7-5-6-14(2)10-16/h5-12,24H,4,13H2,1-3H3/b17-11+,24-20?. The molecule has 4 rings (SSSR count). The first-order valence-electron chi connectivity index (χ1n) is 10.3. The molecule has 2 aromatic carbocycles. The molecule has 1 amide bonds. The van der Waals surface area contributed by atoms with E-state index in [2.05, 4.69) is 10.1 Å². The van der Waals surface area contributed by atoms with Crippen LogP contribution >= 0.6 is 11.8 Å². The zero-order valence-electron chi connectivity index (χ0n) is 18.7. The highest BCUT2D eigenvalue weighted by Crippen LogP contribution is 2.33. The van der Waals surface area contributed by atoms with Crippen LogP contribution < -0.4 is 9.47 Å². The Balaban J connectivity index is 1.58. The Morgan fingerprint density at radius 2 is 1.97 bits per heavy atom. The van der Waals surface area contributed by atoms with Gasteiger partial charge in [-0.05, 0) is 48.0 Å². The first kappa shape index (κ1) is 23.7. The molecule has 0 fully saturated rings. The van der Waals surface area contributed by atoms with Crippen LogP contribution in [-0.4, -0.2) is 47.6 Å². The van der Waals surface area contributed by atoms with Gasteiger partial charge in [0.2, 0.25) is 19.4 Å².